The highest BCUT2D eigenvalue weighted by Crippen LogP contribution is 2.23. The number of likely N-dealkylation sites (tertiary alicyclic amines) is 1. The molecule has 0 saturated carbocycles. The van der Waals surface area contributed by atoms with Gasteiger partial charge in [-0.05, 0) is 34.1 Å². The van der Waals surface area contributed by atoms with E-state index in [0.29, 0.717) is 30.1 Å². The first-order valence-corrected chi connectivity index (χ1v) is 8.66. The third-order valence-corrected chi connectivity index (χ3v) is 4.52. The van der Waals surface area contributed by atoms with Gasteiger partial charge in [-0.2, -0.15) is 5.10 Å². The van der Waals surface area contributed by atoms with Crippen LogP contribution >= 0.6 is 15.9 Å². The highest BCUT2D eigenvalue weighted by Gasteiger charge is 2.33. The molecular weight excluding hydrogens is 374 g/mol. The molecule has 1 saturated heterocycles. The van der Waals surface area contributed by atoms with Gasteiger partial charge in [0.1, 0.15) is 0 Å². The summed E-state index contributed by atoms with van der Waals surface area (Å²) in [4.78, 5) is 25.9. The molecule has 0 unspecified atom stereocenters. The molecule has 1 amide bonds. The fraction of sp³-hybridized carbons (Fsp3) is 0.471. The Bertz CT molecular complexity index is 813. The van der Waals surface area contributed by atoms with Crippen molar-refractivity contribution in [3.05, 3.63) is 50.7 Å². The third-order valence-electron chi connectivity index (χ3n) is 4.09. The lowest BCUT2D eigenvalue weighted by atomic mass is 9.92. The van der Waals surface area contributed by atoms with Gasteiger partial charge in [-0.15, -0.1) is 0 Å². The quantitative estimate of drug-likeness (QED) is 0.803. The van der Waals surface area contributed by atoms with Gasteiger partial charge in [0.25, 0.3) is 11.5 Å². The number of carbonyl (C=O) groups is 1. The molecule has 24 heavy (non-hydrogen) atoms. The number of carbonyl (C=O) groups excluding carboxylic acids is 1. The van der Waals surface area contributed by atoms with E-state index in [1.807, 2.05) is 0 Å². The third kappa shape index (κ3) is 3.45. The lowest BCUT2D eigenvalue weighted by Crippen LogP contribution is -2.52. The van der Waals surface area contributed by atoms with E-state index in [1.165, 1.54) is 4.68 Å². The number of hydrogen-bond donors (Lipinski definition) is 0. The monoisotopic (exact) mass is 393 g/mol. The summed E-state index contributed by atoms with van der Waals surface area (Å²) in [6, 6.07) is 6.70. The van der Waals surface area contributed by atoms with Crippen molar-refractivity contribution in [3.8, 4) is 0 Å². The molecule has 0 aromatic carbocycles. The van der Waals surface area contributed by atoms with Crippen molar-refractivity contribution in [1.82, 2.24) is 14.7 Å². The Kier molecular flexibility index (Phi) is 4.38. The van der Waals surface area contributed by atoms with Crippen LogP contribution in [0.5, 0.6) is 0 Å². The summed E-state index contributed by atoms with van der Waals surface area (Å²) in [6.07, 6.45) is 0. The van der Waals surface area contributed by atoms with Gasteiger partial charge in [0, 0.05) is 30.5 Å². The minimum absolute atomic E-state index is 0.107. The lowest BCUT2D eigenvalue weighted by Gasteiger charge is -2.38. The summed E-state index contributed by atoms with van der Waals surface area (Å²) in [5, 5.41) is 4.47. The first-order valence-electron chi connectivity index (χ1n) is 7.87. The van der Waals surface area contributed by atoms with Crippen molar-refractivity contribution >= 4 is 21.8 Å². The van der Waals surface area contributed by atoms with Crippen molar-refractivity contribution in [2.75, 3.05) is 13.1 Å². The number of rotatable bonds is 3. The second-order valence-corrected chi connectivity index (χ2v) is 7.95. The van der Waals surface area contributed by atoms with Crippen molar-refractivity contribution < 1.29 is 9.21 Å². The van der Waals surface area contributed by atoms with Crippen LogP contribution in [0, 0.1) is 5.92 Å². The summed E-state index contributed by atoms with van der Waals surface area (Å²) in [5.74, 6) is 0.429. The van der Waals surface area contributed by atoms with Crippen molar-refractivity contribution in [1.29, 1.82) is 0 Å². The minimum atomic E-state index is -0.124. The zero-order valence-corrected chi connectivity index (χ0v) is 15.5. The molecule has 1 aliphatic rings. The fourth-order valence-corrected chi connectivity index (χ4v) is 2.97. The van der Waals surface area contributed by atoms with Crippen LogP contribution in [0.3, 0.4) is 0 Å². The molecule has 3 heterocycles. The first-order chi connectivity index (χ1) is 11.2. The van der Waals surface area contributed by atoms with Crippen LogP contribution in [0.15, 0.2) is 38.1 Å². The van der Waals surface area contributed by atoms with Crippen LogP contribution in [0.1, 0.15) is 37.0 Å². The van der Waals surface area contributed by atoms with Crippen molar-refractivity contribution in [3.63, 3.8) is 0 Å². The normalized spacial score (nSPS) is 15.4. The topological polar surface area (TPSA) is 68.3 Å². The molecule has 7 heteroatoms. The van der Waals surface area contributed by atoms with Crippen LogP contribution in [-0.4, -0.2) is 33.7 Å². The minimum Gasteiger partial charge on any atom is -0.444 e. The average molecular weight is 394 g/mol. The van der Waals surface area contributed by atoms with Gasteiger partial charge in [0.2, 0.25) is 0 Å². The Hall–Kier alpha value is -1.89. The van der Waals surface area contributed by atoms with Gasteiger partial charge < -0.3 is 9.32 Å². The van der Waals surface area contributed by atoms with Gasteiger partial charge >= 0.3 is 0 Å². The van der Waals surface area contributed by atoms with Crippen LogP contribution in [0.2, 0.25) is 0 Å². The number of amides is 1. The largest absolute Gasteiger partial charge is 0.444 e. The predicted octanol–water partition coefficient (Wildman–Crippen LogP) is 2.67. The summed E-state index contributed by atoms with van der Waals surface area (Å²) >= 11 is 3.19. The number of furan rings is 1. The molecule has 0 atom stereocenters. The maximum absolute atomic E-state index is 12.2. The smallest absolute Gasteiger partial charge is 0.289 e. The Morgan fingerprint density at radius 2 is 2.00 bits per heavy atom. The Balaban J connectivity index is 1.63. The highest BCUT2D eigenvalue weighted by molar-refractivity contribution is 9.10. The summed E-state index contributed by atoms with van der Waals surface area (Å²) in [6.45, 7) is 7.92. The SMILES string of the molecule is CC(C)(C)c1ccc(=O)n(CC2CN(C(=O)c3ccc(Br)o3)C2)n1. The van der Waals surface area contributed by atoms with Gasteiger partial charge in [-0.3, -0.25) is 9.59 Å². The van der Waals surface area contributed by atoms with Crippen molar-refractivity contribution in [2.45, 2.75) is 32.7 Å². The molecule has 1 fully saturated rings. The van der Waals surface area contributed by atoms with Gasteiger partial charge in [-0.25, -0.2) is 4.68 Å². The van der Waals surface area contributed by atoms with E-state index in [4.69, 9.17) is 4.42 Å². The van der Waals surface area contributed by atoms with E-state index in [9.17, 15) is 9.59 Å². The lowest BCUT2D eigenvalue weighted by molar-refractivity contribution is 0.0425. The maximum atomic E-state index is 12.2. The molecule has 0 radical (unpaired) electrons. The first kappa shape index (κ1) is 17.0. The van der Waals surface area contributed by atoms with E-state index >= 15 is 0 Å². The van der Waals surface area contributed by atoms with E-state index in [2.05, 4.69) is 41.8 Å². The number of hydrogen-bond acceptors (Lipinski definition) is 4. The standard InChI is InChI=1S/C17H20BrN3O3/c1-17(2,3)13-5-7-15(22)21(19-13)10-11-8-20(9-11)16(23)12-4-6-14(18)24-12/h4-7,11H,8-10H2,1-3H3. The summed E-state index contributed by atoms with van der Waals surface area (Å²) < 4.78 is 7.34. The van der Waals surface area contributed by atoms with E-state index in [1.54, 1.807) is 29.2 Å². The van der Waals surface area contributed by atoms with Crippen molar-refractivity contribution in [2.24, 2.45) is 5.92 Å². The molecule has 0 aliphatic carbocycles. The number of halogens is 1. The van der Waals surface area contributed by atoms with Crippen LogP contribution in [0.4, 0.5) is 0 Å². The molecular formula is C17H20BrN3O3. The van der Waals surface area contributed by atoms with E-state index in [0.717, 1.165) is 5.69 Å². The molecule has 2 aromatic heterocycles. The number of nitrogens with zero attached hydrogens (tertiary/aromatic N) is 3. The van der Waals surface area contributed by atoms with Gasteiger partial charge in [0.05, 0.1) is 12.2 Å². The molecule has 0 bridgehead atoms. The van der Waals surface area contributed by atoms with Crippen LogP contribution in [0.25, 0.3) is 0 Å². The molecule has 0 N–H and O–H groups in total. The Morgan fingerprint density at radius 3 is 2.58 bits per heavy atom. The zero-order valence-electron chi connectivity index (χ0n) is 14.0. The van der Waals surface area contributed by atoms with Gasteiger partial charge in [0.15, 0.2) is 10.4 Å². The maximum Gasteiger partial charge on any atom is 0.289 e. The van der Waals surface area contributed by atoms with E-state index < -0.39 is 0 Å². The number of aromatic nitrogens is 2. The summed E-state index contributed by atoms with van der Waals surface area (Å²) in [7, 11) is 0. The second-order valence-electron chi connectivity index (χ2n) is 7.17. The predicted molar refractivity (Wildman–Crippen MR) is 93.0 cm³/mol. The second kappa shape index (κ2) is 6.20. The molecule has 3 rings (SSSR count). The zero-order chi connectivity index (χ0) is 17.5. The molecule has 2 aromatic rings. The van der Waals surface area contributed by atoms with Crippen LogP contribution in [-0.2, 0) is 12.0 Å². The molecule has 6 nitrogen and oxygen atoms in total. The van der Waals surface area contributed by atoms with E-state index in [-0.39, 0.29) is 22.8 Å². The highest BCUT2D eigenvalue weighted by atomic mass is 79.9. The molecule has 128 valence electrons. The Morgan fingerprint density at radius 1 is 1.29 bits per heavy atom. The molecule has 1 aliphatic heterocycles. The average Bonchev–Trinajstić information content (AvgIpc) is 2.89. The fourth-order valence-electron chi connectivity index (χ4n) is 2.66. The Labute approximate surface area is 148 Å². The van der Waals surface area contributed by atoms with Gasteiger partial charge in [-0.1, -0.05) is 20.8 Å². The summed E-state index contributed by atoms with van der Waals surface area (Å²) in [5.41, 5.74) is 0.668. The molecule has 0 spiro atoms. The van der Waals surface area contributed by atoms with Crippen LogP contribution < -0.4 is 5.56 Å².